The Morgan fingerprint density at radius 1 is 1.35 bits per heavy atom. The van der Waals surface area contributed by atoms with Crippen LogP contribution < -0.4 is 15.0 Å². The van der Waals surface area contributed by atoms with Crippen molar-refractivity contribution in [1.82, 2.24) is 4.98 Å². The average molecular weight is 457 g/mol. The van der Waals surface area contributed by atoms with Crippen molar-refractivity contribution in [2.45, 2.75) is 0 Å². The van der Waals surface area contributed by atoms with Gasteiger partial charge >= 0.3 is 0 Å². The number of hydrogen-bond donors (Lipinski definition) is 1. The molecule has 0 atom stereocenters. The summed E-state index contributed by atoms with van der Waals surface area (Å²) in [5, 5.41) is 13.2. The van der Waals surface area contributed by atoms with Crippen LogP contribution >= 0.6 is 23.2 Å². The van der Waals surface area contributed by atoms with Gasteiger partial charge in [-0.3, -0.25) is 4.79 Å². The standard InChI is InChI=1S/C22H15Cl2FN4O2/c23-7-1-2-19(30)29-8-9-31-18-6-3-13-10-14(12-26)22(28-20(13)21(18)29)27-15-4-5-17(25)16(24)11-15/h1-6,10-11H,7-9H2,(H,27,28)/b2-1+. The minimum atomic E-state index is -0.551. The first-order valence-corrected chi connectivity index (χ1v) is 10.2. The highest BCUT2D eigenvalue weighted by Crippen LogP contribution is 2.39. The maximum absolute atomic E-state index is 13.5. The van der Waals surface area contributed by atoms with E-state index >= 15 is 0 Å². The number of aromatic nitrogens is 1. The van der Waals surface area contributed by atoms with Crippen LogP contribution in [-0.2, 0) is 4.79 Å². The molecule has 9 heteroatoms. The predicted octanol–water partition coefficient (Wildman–Crippen LogP) is 5.16. The van der Waals surface area contributed by atoms with Crippen molar-refractivity contribution in [2.24, 2.45) is 0 Å². The van der Waals surface area contributed by atoms with Gasteiger partial charge in [0.15, 0.2) is 0 Å². The molecule has 1 aliphatic rings. The first-order chi connectivity index (χ1) is 15.0. The Morgan fingerprint density at radius 3 is 2.94 bits per heavy atom. The third-order valence-corrected chi connectivity index (χ3v) is 5.15. The molecular formula is C22H15Cl2FN4O2. The van der Waals surface area contributed by atoms with E-state index in [9.17, 15) is 14.4 Å². The summed E-state index contributed by atoms with van der Waals surface area (Å²) in [6.07, 6.45) is 2.97. The number of hydrogen-bond acceptors (Lipinski definition) is 5. The van der Waals surface area contributed by atoms with Gasteiger partial charge in [-0.15, -0.1) is 11.6 Å². The number of amides is 1. The highest BCUT2D eigenvalue weighted by molar-refractivity contribution is 6.31. The zero-order valence-electron chi connectivity index (χ0n) is 16.0. The summed E-state index contributed by atoms with van der Waals surface area (Å²) in [5.41, 5.74) is 1.75. The lowest BCUT2D eigenvalue weighted by atomic mass is 10.1. The molecule has 6 nitrogen and oxygen atoms in total. The van der Waals surface area contributed by atoms with Gasteiger partial charge in [0, 0.05) is 23.0 Å². The highest BCUT2D eigenvalue weighted by Gasteiger charge is 2.26. The number of rotatable bonds is 4. The van der Waals surface area contributed by atoms with Gasteiger partial charge in [-0.1, -0.05) is 17.7 Å². The van der Waals surface area contributed by atoms with Crippen molar-refractivity contribution in [3.63, 3.8) is 0 Å². The molecule has 1 aromatic heterocycles. The number of carbonyl (C=O) groups excluding carboxylic acids is 1. The third kappa shape index (κ3) is 4.13. The summed E-state index contributed by atoms with van der Waals surface area (Å²) in [4.78, 5) is 18.9. The summed E-state index contributed by atoms with van der Waals surface area (Å²) in [5.74, 6) is 0.185. The van der Waals surface area contributed by atoms with Crippen molar-refractivity contribution in [1.29, 1.82) is 5.26 Å². The number of nitrogens with one attached hydrogen (secondary N) is 1. The Morgan fingerprint density at radius 2 is 2.19 bits per heavy atom. The second-order valence-electron chi connectivity index (χ2n) is 6.63. The number of anilines is 3. The van der Waals surface area contributed by atoms with Crippen LogP contribution in [0.1, 0.15) is 5.56 Å². The number of ether oxygens (including phenoxy) is 1. The molecule has 3 aromatic rings. The van der Waals surface area contributed by atoms with Crippen LogP contribution in [-0.4, -0.2) is 29.9 Å². The minimum absolute atomic E-state index is 0.0575. The molecule has 2 aromatic carbocycles. The largest absolute Gasteiger partial charge is 0.489 e. The molecule has 2 heterocycles. The van der Waals surface area contributed by atoms with Crippen LogP contribution in [0.3, 0.4) is 0 Å². The number of benzene rings is 2. The van der Waals surface area contributed by atoms with Gasteiger partial charge in [0.05, 0.1) is 17.1 Å². The molecule has 4 rings (SSSR count). The monoisotopic (exact) mass is 456 g/mol. The molecule has 1 amide bonds. The summed E-state index contributed by atoms with van der Waals surface area (Å²) in [6, 6.07) is 11.4. The first kappa shape index (κ1) is 20.9. The lowest BCUT2D eigenvalue weighted by Gasteiger charge is -2.29. The van der Waals surface area contributed by atoms with Crippen LogP contribution in [0.15, 0.2) is 48.6 Å². The smallest absolute Gasteiger partial charge is 0.250 e. The lowest BCUT2D eigenvalue weighted by molar-refractivity contribution is -0.114. The second-order valence-corrected chi connectivity index (χ2v) is 7.35. The second kappa shape index (κ2) is 8.80. The van der Waals surface area contributed by atoms with Crippen molar-refractivity contribution in [3.05, 3.63) is 65.0 Å². The van der Waals surface area contributed by atoms with Gasteiger partial charge < -0.3 is 15.0 Å². The normalized spacial score (nSPS) is 13.0. The van der Waals surface area contributed by atoms with Crippen LogP contribution in [0.5, 0.6) is 5.75 Å². The molecule has 0 spiro atoms. The summed E-state index contributed by atoms with van der Waals surface area (Å²) in [7, 11) is 0. The number of pyridine rings is 1. The number of alkyl halides is 1. The Hall–Kier alpha value is -3.34. The van der Waals surface area contributed by atoms with Gasteiger partial charge in [-0.25, -0.2) is 9.37 Å². The quantitative estimate of drug-likeness (QED) is 0.433. The summed E-state index contributed by atoms with van der Waals surface area (Å²) in [6.45, 7) is 0.685. The molecule has 31 heavy (non-hydrogen) atoms. The molecule has 0 unspecified atom stereocenters. The Balaban J connectivity index is 1.85. The molecule has 1 N–H and O–H groups in total. The zero-order valence-corrected chi connectivity index (χ0v) is 17.5. The number of nitrogens with zero attached hydrogens (tertiary/aromatic N) is 3. The van der Waals surface area contributed by atoms with Gasteiger partial charge in [-0.2, -0.15) is 5.26 Å². The van der Waals surface area contributed by atoms with Crippen LogP contribution in [0, 0.1) is 17.1 Å². The van der Waals surface area contributed by atoms with E-state index in [1.807, 2.05) is 0 Å². The molecule has 156 valence electrons. The number of carbonyl (C=O) groups is 1. The zero-order chi connectivity index (χ0) is 22.0. The first-order valence-electron chi connectivity index (χ1n) is 9.28. The van der Waals surface area contributed by atoms with E-state index in [-0.39, 0.29) is 28.2 Å². The molecule has 1 aliphatic heterocycles. The average Bonchev–Trinajstić information content (AvgIpc) is 2.78. The number of fused-ring (bicyclic) bond motifs is 3. The van der Waals surface area contributed by atoms with E-state index < -0.39 is 5.82 Å². The fourth-order valence-electron chi connectivity index (χ4n) is 3.29. The fourth-order valence-corrected chi connectivity index (χ4v) is 3.56. The van der Waals surface area contributed by atoms with Crippen LogP contribution in [0.2, 0.25) is 5.02 Å². The van der Waals surface area contributed by atoms with Crippen molar-refractivity contribution < 1.29 is 13.9 Å². The number of nitriles is 1. The Labute approximate surface area is 187 Å². The van der Waals surface area contributed by atoms with Gasteiger partial charge in [0.25, 0.3) is 5.91 Å². The number of halogens is 3. The van der Waals surface area contributed by atoms with Crippen molar-refractivity contribution in [2.75, 3.05) is 29.2 Å². The Bertz CT molecular complexity index is 1260. The Kier molecular flexibility index (Phi) is 5.94. The number of allylic oxidation sites excluding steroid dienone is 1. The van der Waals surface area contributed by atoms with Crippen LogP contribution in [0.4, 0.5) is 21.6 Å². The van der Waals surface area contributed by atoms with Gasteiger partial charge in [-0.05, 0) is 36.4 Å². The maximum Gasteiger partial charge on any atom is 0.250 e. The molecule has 0 fully saturated rings. The van der Waals surface area contributed by atoms with Crippen molar-refractivity contribution >= 4 is 57.2 Å². The third-order valence-electron chi connectivity index (χ3n) is 4.68. The minimum Gasteiger partial charge on any atom is -0.489 e. The van der Waals surface area contributed by atoms with E-state index in [4.69, 9.17) is 27.9 Å². The summed E-state index contributed by atoms with van der Waals surface area (Å²) >= 11 is 11.5. The SMILES string of the molecule is N#Cc1cc2ccc3c(c2nc1Nc1ccc(F)c(Cl)c1)N(C(=O)/C=C/CCl)CCO3. The lowest BCUT2D eigenvalue weighted by Crippen LogP contribution is -2.37. The summed E-state index contributed by atoms with van der Waals surface area (Å²) < 4.78 is 19.2. The molecule has 0 saturated heterocycles. The van der Waals surface area contributed by atoms with Crippen LogP contribution in [0.25, 0.3) is 10.9 Å². The molecule has 0 saturated carbocycles. The maximum atomic E-state index is 13.5. The van der Waals surface area contributed by atoms with Gasteiger partial charge in [0.2, 0.25) is 0 Å². The van der Waals surface area contributed by atoms with E-state index in [0.29, 0.717) is 41.2 Å². The molecule has 0 bridgehead atoms. The van der Waals surface area contributed by atoms with Gasteiger partial charge in [0.1, 0.15) is 41.3 Å². The highest BCUT2D eigenvalue weighted by atomic mass is 35.5. The molecular weight excluding hydrogens is 442 g/mol. The fraction of sp³-hybridized carbons (Fsp3) is 0.136. The van der Waals surface area contributed by atoms with E-state index in [1.54, 1.807) is 29.2 Å². The molecule has 0 aliphatic carbocycles. The van der Waals surface area contributed by atoms with E-state index in [2.05, 4.69) is 16.4 Å². The van der Waals surface area contributed by atoms with E-state index in [1.165, 1.54) is 24.3 Å². The topological polar surface area (TPSA) is 78.3 Å². The predicted molar refractivity (Wildman–Crippen MR) is 119 cm³/mol. The van der Waals surface area contributed by atoms with E-state index in [0.717, 1.165) is 0 Å². The molecule has 0 radical (unpaired) electrons. The van der Waals surface area contributed by atoms with Crippen molar-refractivity contribution in [3.8, 4) is 11.8 Å².